The summed E-state index contributed by atoms with van der Waals surface area (Å²) in [4.78, 5) is 0. The normalized spacial score (nSPS) is 12.5. The van der Waals surface area contributed by atoms with Crippen LogP contribution in [-0.4, -0.2) is 0 Å². The van der Waals surface area contributed by atoms with Gasteiger partial charge in [-0.1, -0.05) is 43.3 Å². The second kappa shape index (κ2) is 4.13. The Balaban J connectivity index is 2.64. The molecule has 13 heavy (non-hydrogen) atoms. The van der Waals surface area contributed by atoms with Crippen LogP contribution in [0, 0.1) is 12.8 Å². The lowest BCUT2D eigenvalue weighted by Gasteiger charge is -2.10. The van der Waals surface area contributed by atoms with Crippen molar-refractivity contribution in [1.29, 1.82) is 0 Å². The molecule has 1 aromatic rings. The van der Waals surface area contributed by atoms with Crippen LogP contribution in [0.15, 0.2) is 36.5 Å². The third-order valence-corrected chi connectivity index (χ3v) is 2.30. The van der Waals surface area contributed by atoms with Gasteiger partial charge < -0.3 is 5.73 Å². The van der Waals surface area contributed by atoms with Gasteiger partial charge in [-0.15, -0.1) is 0 Å². The van der Waals surface area contributed by atoms with Crippen molar-refractivity contribution in [1.82, 2.24) is 0 Å². The highest BCUT2D eigenvalue weighted by atomic mass is 14.6. The van der Waals surface area contributed by atoms with Crippen LogP contribution in [0.2, 0.25) is 0 Å². The SMILES string of the molecule is C=C(N)[C@H](C)Cc1ccc(C)cc1. The molecule has 1 aromatic carbocycles. The van der Waals surface area contributed by atoms with Crippen LogP contribution in [0.1, 0.15) is 18.1 Å². The minimum atomic E-state index is 0.364. The zero-order chi connectivity index (χ0) is 9.84. The molecule has 0 spiro atoms. The average Bonchev–Trinajstić information content (AvgIpc) is 2.08. The summed E-state index contributed by atoms with van der Waals surface area (Å²) in [7, 11) is 0. The largest absolute Gasteiger partial charge is 0.402 e. The fourth-order valence-electron chi connectivity index (χ4n) is 1.21. The summed E-state index contributed by atoms with van der Waals surface area (Å²) in [6, 6.07) is 8.55. The van der Waals surface area contributed by atoms with Gasteiger partial charge in [0, 0.05) is 5.70 Å². The quantitative estimate of drug-likeness (QED) is 0.751. The van der Waals surface area contributed by atoms with Gasteiger partial charge in [0.1, 0.15) is 0 Å². The molecule has 0 aliphatic heterocycles. The topological polar surface area (TPSA) is 26.0 Å². The first-order valence-corrected chi connectivity index (χ1v) is 4.59. The second-order valence-corrected chi connectivity index (χ2v) is 3.67. The maximum absolute atomic E-state index is 5.62. The summed E-state index contributed by atoms with van der Waals surface area (Å²) in [6.07, 6.45) is 0.982. The Morgan fingerprint density at radius 1 is 1.38 bits per heavy atom. The molecule has 1 rings (SSSR count). The van der Waals surface area contributed by atoms with E-state index < -0.39 is 0 Å². The molecule has 0 amide bonds. The molecular formula is C12H17N. The number of nitrogens with two attached hydrogens (primary N) is 1. The van der Waals surface area contributed by atoms with E-state index in [1.807, 2.05) is 0 Å². The van der Waals surface area contributed by atoms with Crippen molar-refractivity contribution in [3.63, 3.8) is 0 Å². The first kappa shape index (κ1) is 9.85. The lowest BCUT2D eigenvalue weighted by Crippen LogP contribution is -2.09. The Morgan fingerprint density at radius 3 is 2.38 bits per heavy atom. The van der Waals surface area contributed by atoms with Crippen LogP contribution in [0.3, 0.4) is 0 Å². The Bertz CT molecular complexity index is 284. The van der Waals surface area contributed by atoms with E-state index >= 15 is 0 Å². The smallest absolute Gasteiger partial charge is 0.00395 e. The zero-order valence-corrected chi connectivity index (χ0v) is 8.38. The van der Waals surface area contributed by atoms with E-state index in [-0.39, 0.29) is 0 Å². The second-order valence-electron chi connectivity index (χ2n) is 3.67. The van der Waals surface area contributed by atoms with Crippen LogP contribution in [0.4, 0.5) is 0 Å². The molecule has 0 saturated carbocycles. The lowest BCUT2D eigenvalue weighted by molar-refractivity contribution is 0.672. The van der Waals surface area contributed by atoms with Crippen molar-refractivity contribution >= 4 is 0 Å². The number of benzene rings is 1. The van der Waals surface area contributed by atoms with Gasteiger partial charge in [0.2, 0.25) is 0 Å². The third kappa shape index (κ3) is 2.94. The summed E-state index contributed by atoms with van der Waals surface area (Å²) < 4.78 is 0. The molecule has 1 nitrogen and oxygen atoms in total. The maximum atomic E-state index is 5.62. The molecular weight excluding hydrogens is 158 g/mol. The minimum Gasteiger partial charge on any atom is -0.402 e. The third-order valence-electron chi connectivity index (χ3n) is 2.30. The molecule has 0 fully saturated rings. The molecule has 0 aromatic heterocycles. The molecule has 1 heteroatoms. The summed E-state index contributed by atoms with van der Waals surface area (Å²) in [5.74, 6) is 0.364. The van der Waals surface area contributed by atoms with Crippen molar-refractivity contribution in [3.05, 3.63) is 47.7 Å². The van der Waals surface area contributed by atoms with Crippen LogP contribution in [-0.2, 0) is 6.42 Å². The van der Waals surface area contributed by atoms with Crippen LogP contribution < -0.4 is 5.73 Å². The Kier molecular flexibility index (Phi) is 3.13. The highest BCUT2D eigenvalue weighted by molar-refractivity contribution is 5.22. The molecule has 0 bridgehead atoms. The van der Waals surface area contributed by atoms with Crippen LogP contribution >= 0.6 is 0 Å². The molecule has 0 heterocycles. The first-order chi connectivity index (χ1) is 6.09. The van der Waals surface area contributed by atoms with Crippen LogP contribution in [0.25, 0.3) is 0 Å². The summed E-state index contributed by atoms with van der Waals surface area (Å²) in [6.45, 7) is 7.94. The van der Waals surface area contributed by atoms with Crippen molar-refractivity contribution in [2.75, 3.05) is 0 Å². The monoisotopic (exact) mass is 175 g/mol. The van der Waals surface area contributed by atoms with Crippen LogP contribution in [0.5, 0.6) is 0 Å². The highest BCUT2D eigenvalue weighted by Gasteiger charge is 2.03. The molecule has 0 saturated heterocycles. The lowest BCUT2D eigenvalue weighted by atomic mass is 9.98. The molecule has 70 valence electrons. The van der Waals surface area contributed by atoms with E-state index in [2.05, 4.69) is 44.7 Å². The van der Waals surface area contributed by atoms with E-state index in [9.17, 15) is 0 Å². The predicted octanol–water partition coefficient (Wildman–Crippen LogP) is 2.65. The molecule has 2 N–H and O–H groups in total. The first-order valence-electron chi connectivity index (χ1n) is 4.59. The Labute approximate surface area is 80.3 Å². The minimum absolute atomic E-state index is 0.364. The van der Waals surface area contributed by atoms with Crippen molar-refractivity contribution in [2.24, 2.45) is 11.7 Å². The van der Waals surface area contributed by atoms with Crippen molar-refractivity contribution < 1.29 is 0 Å². The van der Waals surface area contributed by atoms with Gasteiger partial charge in [0.25, 0.3) is 0 Å². The molecule has 0 unspecified atom stereocenters. The number of hydrogen-bond donors (Lipinski definition) is 1. The zero-order valence-electron chi connectivity index (χ0n) is 8.38. The molecule has 0 aliphatic carbocycles. The van der Waals surface area contributed by atoms with Gasteiger partial charge in [-0.2, -0.15) is 0 Å². The molecule has 0 radical (unpaired) electrons. The standard InChI is InChI=1S/C12H17N/c1-9-4-6-12(7-5-9)8-10(2)11(3)13/h4-7,10H,3,8,13H2,1-2H3/t10-/m1/s1. The van der Waals surface area contributed by atoms with Crippen molar-refractivity contribution in [3.8, 4) is 0 Å². The van der Waals surface area contributed by atoms with E-state index in [1.165, 1.54) is 11.1 Å². The number of hydrogen-bond acceptors (Lipinski definition) is 1. The van der Waals surface area contributed by atoms with Crippen molar-refractivity contribution in [2.45, 2.75) is 20.3 Å². The van der Waals surface area contributed by atoms with E-state index in [1.54, 1.807) is 0 Å². The summed E-state index contributed by atoms with van der Waals surface area (Å²) >= 11 is 0. The van der Waals surface area contributed by atoms with E-state index in [0.717, 1.165) is 12.1 Å². The van der Waals surface area contributed by atoms with E-state index in [0.29, 0.717) is 5.92 Å². The summed E-state index contributed by atoms with van der Waals surface area (Å²) in [5, 5.41) is 0. The van der Waals surface area contributed by atoms with Gasteiger partial charge in [0.15, 0.2) is 0 Å². The van der Waals surface area contributed by atoms with E-state index in [4.69, 9.17) is 5.73 Å². The van der Waals surface area contributed by atoms with Gasteiger partial charge in [-0.3, -0.25) is 0 Å². The molecule has 0 aliphatic rings. The van der Waals surface area contributed by atoms with Gasteiger partial charge in [-0.05, 0) is 24.8 Å². The predicted molar refractivity (Wildman–Crippen MR) is 57.4 cm³/mol. The fourth-order valence-corrected chi connectivity index (χ4v) is 1.21. The maximum Gasteiger partial charge on any atom is 0.00395 e. The van der Waals surface area contributed by atoms with Gasteiger partial charge >= 0.3 is 0 Å². The number of aryl methyl sites for hydroxylation is 1. The van der Waals surface area contributed by atoms with Gasteiger partial charge in [-0.25, -0.2) is 0 Å². The molecule has 1 atom stereocenters. The fraction of sp³-hybridized carbons (Fsp3) is 0.333. The Hall–Kier alpha value is -1.24. The number of rotatable bonds is 3. The summed E-state index contributed by atoms with van der Waals surface area (Å²) in [5.41, 5.74) is 9.00. The number of allylic oxidation sites excluding steroid dienone is 1. The highest BCUT2D eigenvalue weighted by Crippen LogP contribution is 2.12. The average molecular weight is 175 g/mol. The van der Waals surface area contributed by atoms with Gasteiger partial charge in [0.05, 0.1) is 0 Å². The Morgan fingerprint density at radius 2 is 1.92 bits per heavy atom.